The van der Waals surface area contributed by atoms with E-state index in [4.69, 9.17) is 4.42 Å². The van der Waals surface area contributed by atoms with Gasteiger partial charge in [-0.25, -0.2) is 0 Å². The monoisotopic (exact) mass is 275 g/mol. The molecule has 0 bridgehead atoms. The number of aromatic nitrogens is 3. The van der Waals surface area contributed by atoms with Crippen LogP contribution in [0.15, 0.2) is 45.5 Å². The van der Waals surface area contributed by atoms with Gasteiger partial charge in [-0.3, -0.25) is 4.98 Å². The van der Waals surface area contributed by atoms with Crippen molar-refractivity contribution in [3.05, 3.63) is 35.8 Å². The van der Waals surface area contributed by atoms with Gasteiger partial charge in [0, 0.05) is 16.6 Å². The summed E-state index contributed by atoms with van der Waals surface area (Å²) >= 11 is 3.11. The lowest BCUT2D eigenvalue weighted by atomic mass is 10.2. The maximum absolute atomic E-state index is 5.43. The number of nitrogens with zero attached hydrogens (tertiary/aromatic N) is 3. The average molecular weight is 275 g/mol. The minimum Gasteiger partial charge on any atom is -0.410 e. The lowest BCUT2D eigenvalue weighted by Crippen LogP contribution is -1.84. The molecule has 3 heterocycles. The molecule has 3 aromatic rings. The van der Waals surface area contributed by atoms with Crippen molar-refractivity contribution in [2.75, 3.05) is 6.26 Å². The van der Waals surface area contributed by atoms with Crippen LogP contribution in [0.5, 0.6) is 0 Å². The van der Waals surface area contributed by atoms with Gasteiger partial charge in [0.05, 0.1) is 0 Å². The van der Waals surface area contributed by atoms with E-state index in [0.717, 1.165) is 5.56 Å². The molecule has 4 nitrogen and oxygen atoms in total. The van der Waals surface area contributed by atoms with Gasteiger partial charge in [0.2, 0.25) is 0 Å². The molecular weight excluding hydrogens is 266 g/mol. The van der Waals surface area contributed by atoms with E-state index in [9.17, 15) is 0 Å². The lowest BCUT2D eigenvalue weighted by molar-refractivity contribution is 0.465. The summed E-state index contributed by atoms with van der Waals surface area (Å²) in [4.78, 5) is 5.55. The summed E-state index contributed by atoms with van der Waals surface area (Å²) in [6.45, 7) is 0. The van der Waals surface area contributed by atoms with Gasteiger partial charge in [-0.15, -0.1) is 21.5 Å². The first-order chi connectivity index (χ1) is 8.86. The molecule has 0 aliphatic heterocycles. The standard InChI is InChI=1S/C12H9N3OS2/c1-17-12-15-14-11(16-12)9-5-4-8(7-13-9)10-3-2-6-18-10/h2-7H,1H3. The Morgan fingerprint density at radius 3 is 2.78 bits per heavy atom. The number of hydrogen-bond acceptors (Lipinski definition) is 6. The first-order valence-corrected chi connectivity index (χ1v) is 7.35. The second kappa shape index (κ2) is 4.91. The largest absolute Gasteiger partial charge is 0.410 e. The van der Waals surface area contributed by atoms with Crippen LogP contribution < -0.4 is 0 Å². The third-order valence-corrected chi connectivity index (χ3v) is 3.80. The quantitative estimate of drug-likeness (QED) is 0.684. The summed E-state index contributed by atoms with van der Waals surface area (Å²) in [5.41, 5.74) is 1.79. The van der Waals surface area contributed by atoms with Gasteiger partial charge in [-0.2, -0.15) is 0 Å². The molecule has 3 rings (SSSR count). The Bertz CT molecular complexity index is 632. The molecule has 0 aliphatic carbocycles. The minimum absolute atomic E-state index is 0.456. The molecular formula is C12H9N3OS2. The van der Waals surface area contributed by atoms with E-state index in [1.807, 2.05) is 36.0 Å². The van der Waals surface area contributed by atoms with Crippen molar-refractivity contribution in [2.45, 2.75) is 5.22 Å². The van der Waals surface area contributed by atoms with Crippen LogP contribution in [0.3, 0.4) is 0 Å². The van der Waals surface area contributed by atoms with E-state index in [0.29, 0.717) is 16.8 Å². The zero-order valence-electron chi connectivity index (χ0n) is 9.53. The van der Waals surface area contributed by atoms with Crippen LogP contribution in [0.1, 0.15) is 0 Å². The number of thioether (sulfide) groups is 1. The molecule has 18 heavy (non-hydrogen) atoms. The summed E-state index contributed by atoms with van der Waals surface area (Å²) in [7, 11) is 0. The van der Waals surface area contributed by atoms with Gasteiger partial charge in [0.25, 0.3) is 11.1 Å². The Labute approximate surface area is 112 Å². The second-order valence-corrected chi connectivity index (χ2v) is 5.19. The van der Waals surface area contributed by atoms with Crippen LogP contribution >= 0.6 is 23.1 Å². The third kappa shape index (κ3) is 2.16. The fourth-order valence-corrected chi connectivity index (χ4v) is 2.51. The molecule has 0 unspecified atom stereocenters. The van der Waals surface area contributed by atoms with Crippen LogP contribution in [0.2, 0.25) is 0 Å². The van der Waals surface area contributed by atoms with Gasteiger partial charge in [0.15, 0.2) is 0 Å². The van der Waals surface area contributed by atoms with E-state index in [-0.39, 0.29) is 0 Å². The minimum atomic E-state index is 0.456. The average Bonchev–Trinajstić information content (AvgIpc) is 3.10. The highest BCUT2D eigenvalue weighted by atomic mass is 32.2. The lowest BCUT2D eigenvalue weighted by Gasteiger charge is -1.97. The van der Waals surface area contributed by atoms with E-state index in [2.05, 4.69) is 21.2 Å². The Kier molecular flexibility index (Phi) is 3.12. The maximum Gasteiger partial charge on any atom is 0.276 e. The van der Waals surface area contributed by atoms with Crippen molar-refractivity contribution in [1.29, 1.82) is 0 Å². The van der Waals surface area contributed by atoms with Crippen molar-refractivity contribution in [1.82, 2.24) is 15.2 Å². The van der Waals surface area contributed by atoms with Crippen LogP contribution in [0.25, 0.3) is 22.0 Å². The smallest absolute Gasteiger partial charge is 0.276 e. The number of rotatable bonds is 3. The van der Waals surface area contributed by atoms with E-state index in [1.54, 1.807) is 11.3 Å². The molecule has 0 saturated carbocycles. The third-order valence-electron chi connectivity index (χ3n) is 2.37. The van der Waals surface area contributed by atoms with Crippen molar-refractivity contribution in [3.63, 3.8) is 0 Å². The normalized spacial score (nSPS) is 10.7. The molecule has 6 heteroatoms. The van der Waals surface area contributed by atoms with E-state index < -0.39 is 0 Å². The highest BCUT2D eigenvalue weighted by molar-refractivity contribution is 7.98. The molecule has 0 saturated heterocycles. The van der Waals surface area contributed by atoms with Crippen LogP contribution in [-0.2, 0) is 0 Å². The number of pyridine rings is 1. The van der Waals surface area contributed by atoms with Crippen molar-refractivity contribution < 1.29 is 4.42 Å². The predicted molar refractivity (Wildman–Crippen MR) is 72.6 cm³/mol. The molecule has 0 aromatic carbocycles. The van der Waals surface area contributed by atoms with Crippen molar-refractivity contribution in [2.24, 2.45) is 0 Å². The molecule has 0 fully saturated rings. The summed E-state index contributed by atoms with van der Waals surface area (Å²) < 4.78 is 5.43. The molecule has 0 amide bonds. The first-order valence-electron chi connectivity index (χ1n) is 5.24. The highest BCUT2D eigenvalue weighted by Gasteiger charge is 2.09. The Balaban J connectivity index is 1.91. The fraction of sp³-hybridized carbons (Fsp3) is 0.0833. The summed E-state index contributed by atoms with van der Waals surface area (Å²) in [6.07, 6.45) is 3.72. The van der Waals surface area contributed by atoms with Crippen LogP contribution in [-0.4, -0.2) is 21.4 Å². The van der Waals surface area contributed by atoms with Gasteiger partial charge in [0.1, 0.15) is 5.69 Å². The SMILES string of the molecule is CSc1nnc(-c2ccc(-c3cccs3)cn2)o1. The summed E-state index contributed by atoms with van der Waals surface area (Å²) in [5.74, 6) is 0.456. The van der Waals surface area contributed by atoms with Crippen LogP contribution in [0.4, 0.5) is 0 Å². The summed E-state index contributed by atoms with van der Waals surface area (Å²) in [6, 6.07) is 8.00. The first kappa shape index (κ1) is 11.4. The Morgan fingerprint density at radius 1 is 1.22 bits per heavy atom. The van der Waals surface area contributed by atoms with Gasteiger partial charge in [-0.1, -0.05) is 17.8 Å². The fourth-order valence-electron chi connectivity index (χ4n) is 1.50. The summed E-state index contributed by atoms with van der Waals surface area (Å²) in [5, 5.41) is 10.4. The molecule has 0 aliphatic rings. The molecule has 90 valence electrons. The highest BCUT2D eigenvalue weighted by Crippen LogP contribution is 2.26. The van der Waals surface area contributed by atoms with Gasteiger partial charge >= 0.3 is 0 Å². The van der Waals surface area contributed by atoms with Crippen LogP contribution in [0, 0.1) is 0 Å². The topological polar surface area (TPSA) is 51.8 Å². The van der Waals surface area contributed by atoms with Gasteiger partial charge < -0.3 is 4.42 Å². The Hall–Kier alpha value is -1.66. The van der Waals surface area contributed by atoms with Crippen molar-refractivity contribution >= 4 is 23.1 Å². The molecule has 3 aromatic heterocycles. The van der Waals surface area contributed by atoms with E-state index >= 15 is 0 Å². The van der Waals surface area contributed by atoms with E-state index in [1.165, 1.54) is 16.6 Å². The maximum atomic E-state index is 5.43. The zero-order chi connectivity index (χ0) is 12.4. The number of hydrogen-bond donors (Lipinski definition) is 0. The van der Waals surface area contributed by atoms with Crippen molar-refractivity contribution in [3.8, 4) is 22.0 Å². The zero-order valence-corrected chi connectivity index (χ0v) is 11.2. The molecule has 0 radical (unpaired) electrons. The molecule has 0 N–H and O–H groups in total. The predicted octanol–water partition coefficient (Wildman–Crippen LogP) is 3.58. The molecule has 0 spiro atoms. The number of thiophene rings is 1. The van der Waals surface area contributed by atoms with Gasteiger partial charge in [-0.05, 0) is 29.8 Å². The molecule has 0 atom stereocenters. The Morgan fingerprint density at radius 2 is 2.17 bits per heavy atom. The second-order valence-electron chi connectivity index (χ2n) is 3.49.